The van der Waals surface area contributed by atoms with Gasteiger partial charge in [-0.3, -0.25) is 0 Å². The standard InChI is InChI=1S/C24H18Cl2OS2/c25-21-11-9-15(28-21)13-24(14-16-10-12-22(26)29-16)19-7-3-1-5-17(19)23(27)18-6-2-4-8-20(18)24/h1-12,23,27H,13-14H2. The second kappa shape index (κ2) is 7.57. The van der Waals surface area contributed by atoms with Crippen LogP contribution in [0, 0.1) is 0 Å². The van der Waals surface area contributed by atoms with Crippen LogP contribution < -0.4 is 0 Å². The normalized spacial score (nSPS) is 15.1. The smallest absolute Gasteiger partial charge is 0.105 e. The molecule has 29 heavy (non-hydrogen) atoms. The summed E-state index contributed by atoms with van der Waals surface area (Å²) in [7, 11) is 0. The summed E-state index contributed by atoms with van der Waals surface area (Å²) in [5, 5.41) is 11.1. The highest BCUT2D eigenvalue weighted by Gasteiger charge is 2.44. The zero-order valence-corrected chi connectivity index (χ0v) is 18.6. The summed E-state index contributed by atoms with van der Waals surface area (Å²) in [6.07, 6.45) is 1.02. The number of hydrogen-bond acceptors (Lipinski definition) is 3. The topological polar surface area (TPSA) is 20.2 Å². The molecule has 5 heteroatoms. The van der Waals surface area contributed by atoms with Crippen molar-refractivity contribution in [2.75, 3.05) is 0 Å². The fourth-order valence-corrected chi connectivity index (χ4v) is 6.99. The Morgan fingerprint density at radius 2 is 1.14 bits per heavy atom. The Morgan fingerprint density at radius 1 is 0.690 bits per heavy atom. The summed E-state index contributed by atoms with van der Waals surface area (Å²) in [4.78, 5) is 2.47. The van der Waals surface area contributed by atoms with Crippen LogP contribution in [0.5, 0.6) is 0 Å². The van der Waals surface area contributed by atoms with Crippen molar-refractivity contribution >= 4 is 45.9 Å². The molecule has 0 bridgehead atoms. The van der Waals surface area contributed by atoms with Crippen molar-refractivity contribution in [1.29, 1.82) is 0 Å². The lowest BCUT2D eigenvalue weighted by molar-refractivity contribution is 0.207. The molecule has 1 aliphatic carbocycles. The Hall–Kier alpha value is -1.62. The monoisotopic (exact) mass is 456 g/mol. The molecule has 2 aromatic carbocycles. The fraction of sp³-hybridized carbons (Fsp3) is 0.167. The van der Waals surface area contributed by atoms with Gasteiger partial charge in [0, 0.05) is 15.2 Å². The van der Waals surface area contributed by atoms with Crippen LogP contribution in [-0.2, 0) is 18.3 Å². The van der Waals surface area contributed by atoms with Gasteiger partial charge in [-0.1, -0.05) is 71.7 Å². The van der Waals surface area contributed by atoms with Crippen LogP contribution in [0.4, 0.5) is 0 Å². The minimum atomic E-state index is -0.616. The van der Waals surface area contributed by atoms with Gasteiger partial charge in [-0.25, -0.2) is 0 Å². The van der Waals surface area contributed by atoms with Gasteiger partial charge >= 0.3 is 0 Å². The van der Waals surface area contributed by atoms with E-state index in [9.17, 15) is 5.11 Å². The summed E-state index contributed by atoms with van der Waals surface area (Å²) in [6.45, 7) is 0. The molecule has 0 unspecified atom stereocenters. The first-order valence-electron chi connectivity index (χ1n) is 9.42. The second-order valence-electron chi connectivity index (χ2n) is 7.42. The Kier molecular flexibility index (Phi) is 5.05. The van der Waals surface area contributed by atoms with Crippen molar-refractivity contribution in [2.45, 2.75) is 24.4 Å². The van der Waals surface area contributed by atoms with Crippen molar-refractivity contribution in [3.05, 3.63) is 113 Å². The van der Waals surface area contributed by atoms with Crippen LogP contribution in [0.15, 0.2) is 72.8 Å². The van der Waals surface area contributed by atoms with Crippen molar-refractivity contribution in [3.63, 3.8) is 0 Å². The van der Waals surface area contributed by atoms with Crippen LogP contribution in [-0.4, -0.2) is 5.11 Å². The van der Waals surface area contributed by atoms with E-state index in [4.69, 9.17) is 23.2 Å². The van der Waals surface area contributed by atoms with Gasteiger partial charge in [-0.2, -0.15) is 0 Å². The molecule has 1 aliphatic rings. The number of halogens is 2. The predicted molar refractivity (Wildman–Crippen MR) is 124 cm³/mol. The third-order valence-electron chi connectivity index (χ3n) is 5.75. The van der Waals surface area contributed by atoms with Crippen LogP contribution >= 0.6 is 45.9 Å². The lowest BCUT2D eigenvalue weighted by Gasteiger charge is -2.42. The van der Waals surface area contributed by atoms with E-state index >= 15 is 0 Å². The Morgan fingerprint density at radius 3 is 1.55 bits per heavy atom. The van der Waals surface area contributed by atoms with Crippen molar-refractivity contribution < 1.29 is 5.11 Å². The highest BCUT2D eigenvalue weighted by atomic mass is 35.5. The van der Waals surface area contributed by atoms with Crippen molar-refractivity contribution in [1.82, 2.24) is 0 Å². The highest BCUT2D eigenvalue weighted by Crippen LogP contribution is 2.50. The number of rotatable bonds is 4. The molecule has 1 nitrogen and oxygen atoms in total. The van der Waals surface area contributed by atoms with Gasteiger partial charge in [0.05, 0.1) is 8.67 Å². The van der Waals surface area contributed by atoms with Gasteiger partial charge < -0.3 is 5.11 Å². The maximum absolute atomic E-state index is 11.1. The maximum atomic E-state index is 11.1. The third kappa shape index (κ3) is 3.35. The van der Waals surface area contributed by atoms with E-state index in [0.717, 1.165) is 32.6 Å². The molecule has 0 saturated carbocycles. The zero-order chi connectivity index (χ0) is 20.0. The van der Waals surface area contributed by atoms with Crippen LogP contribution in [0.1, 0.15) is 38.1 Å². The summed E-state index contributed by atoms with van der Waals surface area (Å²) < 4.78 is 1.60. The SMILES string of the molecule is OC1c2ccccc2C(Cc2ccc(Cl)s2)(Cc2ccc(Cl)s2)c2ccccc21. The number of thiophene rings is 2. The van der Waals surface area contributed by atoms with Crippen LogP contribution in [0.3, 0.4) is 0 Å². The first kappa shape index (κ1) is 19.3. The van der Waals surface area contributed by atoms with Crippen LogP contribution in [0.2, 0.25) is 8.67 Å². The number of fused-ring (bicyclic) bond motifs is 2. The Labute approximate surface area is 188 Å². The third-order valence-corrected chi connectivity index (χ3v) is 8.21. The number of aliphatic hydroxyl groups is 1. The molecule has 0 atom stereocenters. The van der Waals surface area contributed by atoms with Gasteiger partial charge in [-0.15, -0.1) is 22.7 Å². The molecule has 1 N–H and O–H groups in total. The van der Waals surface area contributed by atoms with Crippen LogP contribution in [0.25, 0.3) is 0 Å². The lowest BCUT2D eigenvalue weighted by atomic mass is 9.62. The van der Waals surface area contributed by atoms with E-state index in [1.807, 2.05) is 36.4 Å². The van der Waals surface area contributed by atoms with Gasteiger partial charge in [0.2, 0.25) is 0 Å². The lowest BCUT2D eigenvalue weighted by Crippen LogP contribution is -2.38. The first-order valence-corrected chi connectivity index (χ1v) is 11.8. The molecule has 0 aliphatic heterocycles. The molecule has 5 rings (SSSR count). The molecule has 4 aromatic rings. The summed E-state index contributed by atoms with van der Waals surface area (Å²) >= 11 is 15.8. The average Bonchev–Trinajstić information content (AvgIpc) is 3.33. The summed E-state index contributed by atoms with van der Waals surface area (Å²) in [6, 6.07) is 24.7. The molecular formula is C24H18Cl2OS2. The van der Waals surface area contributed by atoms with E-state index in [-0.39, 0.29) is 5.41 Å². The predicted octanol–water partition coefficient (Wildman–Crippen LogP) is 7.28. The van der Waals surface area contributed by atoms with Gasteiger partial charge in [0.25, 0.3) is 0 Å². The molecule has 0 amide bonds. The molecule has 146 valence electrons. The molecule has 2 aromatic heterocycles. The molecule has 0 radical (unpaired) electrons. The van der Waals surface area contributed by atoms with Gasteiger partial charge in [-0.05, 0) is 59.4 Å². The number of benzene rings is 2. The molecule has 0 spiro atoms. The second-order valence-corrected chi connectivity index (χ2v) is 11.0. The molecule has 0 fully saturated rings. The minimum absolute atomic E-state index is 0.297. The van der Waals surface area contributed by atoms with Gasteiger partial charge in [0.15, 0.2) is 0 Å². The summed E-state index contributed by atoms with van der Waals surface area (Å²) in [5.74, 6) is 0. The van der Waals surface area contributed by atoms with Crippen molar-refractivity contribution in [3.8, 4) is 0 Å². The van der Waals surface area contributed by atoms with E-state index in [1.54, 1.807) is 22.7 Å². The van der Waals surface area contributed by atoms with Gasteiger partial charge in [0.1, 0.15) is 6.10 Å². The first-order chi connectivity index (χ1) is 14.1. The Bertz CT molecular complexity index is 1090. The average molecular weight is 457 g/mol. The zero-order valence-electron chi connectivity index (χ0n) is 15.4. The number of hydrogen-bond donors (Lipinski definition) is 1. The Balaban J connectivity index is 1.77. The fourth-order valence-electron chi connectivity index (χ4n) is 4.59. The molecular weight excluding hydrogens is 439 g/mol. The maximum Gasteiger partial charge on any atom is 0.105 e. The number of aliphatic hydroxyl groups excluding tert-OH is 1. The quantitative estimate of drug-likeness (QED) is 0.341. The van der Waals surface area contributed by atoms with E-state index in [2.05, 4.69) is 36.4 Å². The minimum Gasteiger partial charge on any atom is -0.384 e. The van der Waals surface area contributed by atoms with Crippen molar-refractivity contribution in [2.24, 2.45) is 0 Å². The van der Waals surface area contributed by atoms with E-state index in [1.165, 1.54) is 20.9 Å². The van der Waals surface area contributed by atoms with E-state index < -0.39 is 6.10 Å². The van der Waals surface area contributed by atoms with E-state index in [0.29, 0.717) is 0 Å². The highest BCUT2D eigenvalue weighted by molar-refractivity contribution is 7.16. The molecule has 2 heterocycles. The molecule has 0 saturated heterocycles. The largest absolute Gasteiger partial charge is 0.384 e. The summed E-state index contributed by atoms with van der Waals surface area (Å²) in [5.41, 5.74) is 4.03.